The number of aryl methyl sites for hydroxylation is 1. The first kappa shape index (κ1) is 22.4. The second-order valence-electron chi connectivity index (χ2n) is 8.28. The highest BCUT2D eigenvalue weighted by atomic mass is 32.2. The fourth-order valence-electron chi connectivity index (χ4n) is 4.25. The van der Waals surface area contributed by atoms with Gasteiger partial charge in [0.15, 0.2) is 9.84 Å². The molecule has 1 aliphatic rings. The van der Waals surface area contributed by atoms with Gasteiger partial charge >= 0.3 is 0 Å². The molecule has 1 aromatic heterocycles. The third-order valence-corrected chi connectivity index (χ3v) is 7.78. The molecule has 2 aromatic carbocycles. The van der Waals surface area contributed by atoms with Gasteiger partial charge < -0.3 is 14.1 Å². The molecule has 1 unspecified atom stereocenters. The fraction of sp³-hybridized carbons (Fsp3) is 0.400. The van der Waals surface area contributed by atoms with Crippen LogP contribution in [0.25, 0.3) is 11.0 Å². The number of carbonyl (C=O) groups is 1. The molecule has 1 saturated heterocycles. The number of ether oxygens (including phenoxy) is 1. The van der Waals surface area contributed by atoms with Crippen LogP contribution in [0, 0.1) is 0 Å². The molecule has 0 saturated carbocycles. The first-order chi connectivity index (χ1) is 15.4. The Morgan fingerprint density at radius 1 is 1.12 bits per heavy atom. The highest BCUT2D eigenvalue weighted by molar-refractivity contribution is 7.91. The molecule has 170 valence electrons. The van der Waals surface area contributed by atoms with Crippen molar-refractivity contribution in [3.05, 3.63) is 65.4 Å². The lowest BCUT2D eigenvalue weighted by Gasteiger charge is -2.28. The molecule has 6 nitrogen and oxygen atoms in total. The van der Waals surface area contributed by atoms with Crippen molar-refractivity contribution in [2.75, 3.05) is 18.1 Å². The third-order valence-electron chi connectivity index (χ3n) is 6.02. The van der Waals surface area contributed by atoms with E-state index in [0.29, 0.717) is 19.6 Å². The fourth-order valence-corrected chi connectivity index (χ4v) is 5.98. The van der Waals surface area contributed by atoms with Crippen LogP contribution in [0.5, 0.6) is 5.75 Å². The zero-order valence-corrected chi connectivity index (χ0v) is 19.4. The largest absolute Gasteiger partial charge is 0.494 e. The summed E-state index contributed by atoms with van der Waals surface area (Å²) in [5.74, 6) is 0.820. The van der Waals surface area contributed by atoms with E-state index in [4.69, 9.17) is 9.15 Å². The topological polar surface area (TPSA) is 76.8 Å². The van der Waals surface area contributed by atoms with Crippen LogP contribution in [0.15, 0.2) is 53.1 Å². The number of carbonyl (C=O) groups excluding carboxylic acids is 1. The lowest BCUT2D eigenvalue weighted by molar-refractivity contribution is -0.133. The molecule has 4 rings (SSSR count). The van der Waals surface area contributed by atoms with Crippen molar-refractivity contribution in [2.45, 2.75) is 45.7 Å². The Morgan fingerprint density at radius 3 is 2.53 bits per heavy atom. The maximum absolute atomic E-state index is 13.4. The molecule has 32 heavy (non-hydrogen) atoms. The van der Waals surface area contributed by atoms with E-state index in [1.807, 2.05) is 43.3 Å². The van der Waals surface area contributed by atoms with Crippen molar-refractivity contribution >= 4 is 26.7 Å². The van der Waals surface area contributed by atoms with Gasteiger partial charge in [-0.15, -0.1) is 0 Å². The average molecular weight is 456 g/mol. The normalized spacial score (nSPS) is 17.5. The minimum atomic E-state index is -3.12. The lowest BCUT2D eigenvalue weighted by atomic mass is 10.0. The van der Waals surface area contributed by atoms with Crippen molar-refractivity contribution in [2.24, 2.45) is 0 Å². The summed E-state index contributed by atoms with van der Waals surface area (Å²) >= 11 is 0. The zero-order valence-electron chi connectivity index (χ0n) is 18.5. The van der Waals surface area contributed by atoms with Crippen molar-refractivity contribution < 1.29 is 22.4 Å². The molecule has 0 radical (unpaired) electrons. The van der Waals surface area contributed by atoms with E-state index in [-0.39, 0.29) is 29.9 Å². The van der Waals surface area contributed by atoms with Gasteiger partial charge in [0.05, 0.1) is 30.8 Å². The Kier molecular flexibility index (Phi) is 6.55. The number of hydrogen-bond acceptors (Lipinski definition) is 5. The van der Waals surface area contributed by atoms with Gasteiger partial charge in [0, 0.05) is 23.5 Å². The molecule has 0 bridgehead atoms. The molecular formula is C25H29NO5S. The van der Waals surface area contributed by atoms with E-state index >= 15 is 0 Å². The molecule has 0 aliphatic carbocycles. The van der Waals surface area contributed by atoms with Gasteiger partial charge in [0.25, 0.3) is 0 Å². The SMILES string of the molecule is CCOc1ccc(CN(C(=O)Cc2coc3ccc(CC)cc23)C2CCS(=O)(=O)C2)cc1. The van der Waals surface area contributed by atoms with Gasteiger partial charge in [-0.2, -0.15) is 0 Å². The quantitative estimate of drug-likeness (QED) is 0.510. The highest BCUT2D eigenvalue weighted by Gasteiger charge is 2.35. The van der Waals surface area contributed by atoms with Gasteiger partial charge in [0.2, 0.25) is 5.91 Å². The molecule has 0 spiro atoms. The van der Waals surface area contributed by atoms with Crippen LogP contribution < -0.4 is 4.74 Å². The van der Waals surface area contributed by atoms with E-state index in [1.165, 1.54) is 5.56 Å². The van der Waals surface area contributed by atoms with Crippen LogP contribution in [-0.2, 0) is 34.0 Å². The molecule has 7 heteroatoms. The van der Waals surface area contributed by atoms with Crippen LogP contribution in [0.2, 0.25) is 0 Å². The predicted molar refractivity (Wildman–Crippen MR) is 125 cm³/mol. The number of fused-ring (bicyclic) bond motifs is 1. The molecule has 1 fully saturated rings. The maximum atomic E-state index is 13.4. The Hall–Kier alpha value is -2.80. The Bertz CT molecular complexity index is 1200. The summed E-state index contributed by atoms with van der Waals surface area (Å²) < 4.78 is 35.4. The first-order valence-electron chi connectivity index (χ1n) is 11.1. The highest BCUT2D eigenvalue weighted by Crippen LogP contribution is 2.26. The van der Waals surface area contributed by atoms with Crippen LogP contribution in [0.4, 0.5) is 0 Å². The van der Waals surface area contributed by atoms with E-state index < -0.39 is 9.84 Å². The molecular weight excluding hydrogens is 426 g/mol. The molecule has 0 N–H and O–H groups in total. The third kappa shape index (κ3) is 4.99. The molecule has 1 atom stereocenters. The molecule has 3 aromatic rings. The number of sulfone groups is 1. The van der Waals surface area contributed by atoms with Crippen LogP contribution in [0.1, 0.15) is 37.0 Å². The standard InChI is InChI=1S/C25H29NO5S/c1-3-18-7-10-24-23(13-18)20(16-31-24)14-25(27)26(21-11-12-32(28,29)17-21)15-19-5-8-22(9-6-19)30-4-2/h5-10,13,16,21H,3-4,11-12,14-15,17H2,1-2H3. The molecule has 2 heterocycles. The zero-order chi connectivity index (χ0) is 22.7. The summed E-state index contributed by atoms with van der Waals surface area (Å²) in [5.41, 5.74) is 3.71. The monoisotopic (exact) mass is 455 g/mol. The van der Waals surface area contributed by atoms with Crippen molar-refractivity contribution in [3.63, 3.8) is 0 Å². The number of hydrogen-bond donors (Lipinski definition) is 0. The number of amides is 1. The van der Waals surface area contributed by atoms with Crippen molar-refractivity contribution in [1.82, 2.24) is 4.90 Å². The Balaban J connectivity index is 1.58. The maximum Gasteiger partial charge on any atom is 0.227 e. The summed E-state index contributed by atoms with van der Waals surface area (Å²) in [6.07, 6.45) is 3.19. The average Bonchev–Trinajstić information content (AvgIpc) is 3.35. The van der Waals surface area contributed by atoms with Crippen LogP contribution in [0.3, 0.4) is 0 Å². The molecule has 1 aliphatic heterocycles. The Labute approximate surface area is 189 Å². The number of benzene rings is 2. The number of nitrogens with zero attached hydrogens (tertiary/aromatic N) is 1. The second kappa shape index (κ2) is 9.36. The van der Waals surface area contributed by atoms with Gasteiger partial charge in [-0.1, -0.05) is 25.1 Å². The van der Waals surface area contributed by atoms with Crippen LogP contribution in [-0.4, -0.2) is 43.4 Å². The lowest BCUT2D eigenvalue weighted by Crippen LogP contribution is -2.41. The summed E-state index contributed by atoms with van der Waals surface area (Å²) in [7, 11) is -3.12. The van der Waals surface area contributed by atoms with Gasteiger partial charge in [-0.25, -0.2) is 8.42 Å². The van der Waals surface area contributed by atoms with Gasteiger partial charge in [-0.05, 0) is 55.2 Å². The van der Waals surface area contributed by atoms with E-state index in [0.717, 1.165) is 34.3 Å². The second-order valence-corrected chi connectivity index (χ2v) is 10.5. The first-order valence-corrected chi connectivity index (χ1v) is 12.9. The van der Waals surface area contributed by atoms with Gasteiger partial charge in [-0.3, -0.25) is 4.79 Å². The smallest absolute Gasteiger partial charge is 0.227 e. The summed E-state index contributed by atoms with van der Waals surface area (Å²) in [6.45, 7) is 4.97. The van der Waals surface area contributed by atoms with E-state index in [2.05, 4.69) is 13.0 Å². The summed E-state index contributed by atoms with van der Waals surface area (Å²) in [6, 6.07) is 13.3. The van der Waals surface area contributed by atoms with E-state index in [1.54, 1.807) is 11.2 Å². The van der Waals surface area contributed by atoms with E-state index in [9.17, 15) is 13.2 Å². The summed E-state index contributed by atoms with van der Waals surface area (Å²) in [5, 5.41) is 0.942. The van der Waals surface area contributed by atoms with Crippen molar-refractivity contribution in [1.29, 1.82) is 0 Å². The summed E-state index contributed by atoms with van der Waals surface area (Å²) in [4.78, 5) is 15.2. The van der Waals surface area contributed by atoms with Gasteiger partial charge in [0.1, 0.15) is 11.3 Å². The van der Waals surface area contributed by atoms with Crippen molar-refractivity contribution in [3.8, 4) is 5.75 Å². The van der Waals surface area contributed by atoms with Crippen LogP contribution >= 0.6 is 0 Å². The number of rotatable bonds is 8. The molecule has 1 amide bonds. The predicted octanol–water partition coefficient (Wildman–Crippen LogP) is 4.15. The minimum Gasteiger partial charge on any atom is -0.494 e. The minimum absolute atomic E-state index is 0.0158. The Morgan fingerprint density at radius 2 is 1.88 bits per heavy atom. The number of furan rings is 1.